The van der Waals surface area contributed by atoms with E-state index in [4.69, 9.17) is 4.74 Å². The van der Waals surface area contributed by atoms with Crippen molar-refractivity contribution in [2.45, 2.75) is 26.5 Å². The van der Waals surface area contributed by atoms with E-state index in [1.807, 2.05) is 38.1 Å². The van der Waals surface area contributed by atoms with Gasteiger partial charge in [-0.25, -0.2) is 0 Å². The minimum Gasteiger partial charge on any atom is -0.491 e. The molecule has 0 saturated heterocycles. The van der Waals surface area contributed by atoms with Gasteiger partial charge in [-0.05, 0) is 43.7 Å². The number of nitro benzene ring substituents is 1. The maximum Gasteiger partial charge on any atom is 0.269 e. The van der Waals surface area contributed by atoms with Gasteiger partial charge in [0, 0.05) is 24.4 Å². The fourth-order valence-corrected chi connectivity index (χ4v) is 1.86. The van der Waals surface area contributed by atoms with Gasteiger partial charge in [-0.2, -0.15) is 0 Å². The van der Waals surface area contributed by atoms with E-state index in [1.54, 1.807) is 12.1 Å². The number of hydrogen-bond donors (Lipinski definition) is 1. The number of nitrogens with one attached hydrogen (secondary N) is 1. The molecular weight excluding hydrogens is 268 g/mol. The number of anilines is 1. The van der Waals surface area contributed by atoms with Crippen LogP contribution in [0.15, 0.2) is 48.5 Å². The number of ether oxygens (including phenoxy) is 1. The van der Waals surface area contributed by atoms with E-state index in [9.17, 15) is 10.1 Å². The molecule has 2 aromatic carbocycles. The Bertz CT molecular complexity index is 592. The van der Waals surface area contributed by atoms with Gasteiger partial charge in [0.05, 0.1) is 11.0 Å². The predicted octanol–water partition coefficient (Wildman–Crippen LogP) is 3.99. The summed E-state index contributed by atoms with van der Waals surface area (Å²) in [6.45, 7) is 4.63. The standard InChI is InChI=1S/C16H18N2O3/c1-12(2)21-16-9-3-13(4-10-16)11-17-14-5-7-15(8-6-14)18(19)20/h3-10,12,17H,11H2,1-2H3. The van der Waals surface area contributed by atoms with Gasteiger partial charge in [-0.1, -0.05) is 12.1 Å². The second-order valence-corrected chi connectivity index (χ2v) is 4.97. The number of benzene rings is 2. The van der Waals surface area contributed by atoms with Crippen LogP contribution in [-0.2, 0) is 6.54 Å². The molecule has 21 heavy (non-hydrogen) atoms. The van der Waals surface area contributed by atoms with Crippen LogP contribution in [0.4, 0.5) is 11.4 Å². The Morgan fingerprint density at radius 3 is 2.24 bits per heavy atom. The maximum absolute atomic E-state index is 10.6. The zero-order valence-electron chi connectivity index (χ0n) is 12.1. The van der Waals surface area contributed by atoms with Crippen LogP contribution in [0.3, 0.4) is 0 Å². The average molecular weight is 286 g/mol. The fourth-order valence-electron chi connectivity index (χ4n) is 1.86. The number of nitro groups is 1. The lowest BCUT2D eigenvalue weighted by molar-refractivity contribution is -0.384. The van der Waals surface area contributed by atoms with Crippen molar-refractivity contribution < 1.29 is 9.66 Å². The molecule has 1 N–H and O–H groups in total. The molecule has 0 spiro atoms. The Kier molecular flexibility index (Phi) is 4.77. The van der Waals surface area contributed by atoms with Gasteiger partial charge in [-0.3, -0.25) is 10.1 Å². The molecule has 0 fully saturated rings. The van der Waals surface area contributed by atoms with E-state index in [2.05, 4.69) is 5.32 Å². The Labute approximate surface area is 123 Å². The summed E-state index contributed by atoms with van der Waals surface area (Å²) < 4.78 is 5.58. The van der Waals surface area contributed by atoms with Crippen LogP contribution in [0.2, 0.25) is 0 Å². The summed E-state index contributed by atoms with van der Waals surface area (Å²) in [5, 5.41) is 13.8. The Hall–Kier alpha value is -2.56. The molecule has 0 unspecified atom stereocenters. The normalized spacial score (nSPS) is 10.4. The smallest absolute Gasteiger partial charge is 0.269 e. The first-order chi connectivity index (χ1) is 10.0. The molecule has 0 amide bonds. The van der Waals surface area contributed by atoms with Crippen molar-refractivity contribution in [2.75, 3.05) is 5.32 Å². The van der Waals surface area contributed by atoms with E-state index < -0.39 is 4.92 Å². The van der Waals surface area contributed by atoms with E-state index in [0.29, 0.717) is 6.54 Å². The summed E-state index contributed by atoms with van der Waals surface area (Å²) in [5.41, 5.74) is 2.06. The summed E-state index contributed by atoms with van der Waals surface area (Å²) in [6.07, 6.45) is 0.161. The number of rotatable bonds is 6. The zero-order valence-corrected chi connectivity index (χ0v) is 12.1. The van der Waals surface area contributed by atoms with Crippen LogP contribution >= 0.6 is 0 Å². The quantitative estimate of drug-likeness (QED) is 0.644. The number of hydrogen-bond acceptors (Lipinski definition) is 4. The summed E-state index contributed by atoms with van der Waals surface area (Å²) in [6, 6.07) is 14.2. The Morgan fingerprint density at radius 1 is 1.10 bits per heavy atom. The third kappa shape index (κ3) is 4.49. The first kappa shape index (κ1) is 14.8. The third-order valence-corrected chi connectivity index (χ3v) is 2.87. The van der Waals surface area contributed by atoms with Crippen molar-refractivity contribution in [3.05, 3.63) is 64.2 Å². The van der Waals surface area contributed by atoms with Gasteiger partial charge in [0.1, 0.15) is 5.75 Å². The fraction of sp³-hybridized carbons (Fsp3) is 0.250. The summed E-state index contributed by atoms with van der Waals surface area (Å²) in [4.78, 5) is 10.2. The summed E-state index contributed by atoms with van der Waals surface area (Å²) in [7, 11) is 0. The molecule has 0 heterocycles. The van der Waals surface area contributed by atoms with E-state index >= 15 is 0 Å². The van der Waals surface area contributed by atoms with Crippen molar-refractivity contribution in [3.63, 3.8) is 0 Å². The van der Waals surface area contributed by atoms with E-state index in [-0.39, 0.29) is 11.8 Å². The van der Waals surface area contributed by atoms with Crippen LogP contribution in [0.25, 0.3) is 0 Å². The molecule has 0 atom stereocenters. The predicted molar refractivity (Wildman–Crippen MR) is 82.6 cm³/mol. The zero-order chi connectivity index (χ0) is 15.2. The van der Waals surface area contributed by atoms with Gasteiger partial charge in [0.15, 0.2) is 0 Å². The largest absolute Gasteiger partial charge is 0.491 e. The molecule has 0 radical (unpaired) electrons. The molecular formula is C16H18N2O3. The van der Waals surface area contributed by atoms with E-state index in [1.165, 1.54) is 12.1 Å². The molecule has 0 aromatic heterocycles. The molecule has 5 heteroatoms. The third-order valence-electron chi connectivity index (χ3n) is 2.87. The number of nitrogens with zero attached hydrogens (tertiary/aromatic N) is 1. The molecule has 0 saturated carbocycles. The van der Waals surface area contributed by atoms with Crippen LogP contribution in [0, 0.1) is 10.1 Å². The van der Waals surface area contributed by atoms with Gasteiger partial charge < -0.3 is 10.1 Å². The molecule has 0 aliphatic carbocycles. The van der Waals surface area contributed by atoms with E-state index in [0.717, 1.165) is 17.0 Å². The van der Waals surface area contributed by atoms with Gasteiger partial charge in [0.25, 0.3) is 5.69 Å². The molecule has 0 aliphatic heterocycles. The van der Waals surface area contributed by atoms with Crippen molar-refractivity contribution in [2.24, 2.45) is 0 Å². The first-order valence-electron chi connectivity index (χ1n) is 6.78. The average Bonchev–Trinajstić information content (AvgIpc) is 2.46. The monoisotopic (exact) mass is 286 g/mol. The maximum atomic E-state index is 10.6. The molecule has 110 valence electrons. The summed E-state index contributed by atoms with van der Waals surface area (Å²) in [5.74, 6) is 0.851. The van der Waals surface area contributed by atoms with Gasteiger partial charge in [-0.15, -0.1) is 0 Å². The highest BCUT2D eigenvalue weighted by Gasteiger charge is 2.03. The van der Waals surface area contributed by atoms with Crippen LogP contribution < -0.4 is 10.1 Å². The van der Waals surface area contributed by atoms with Crippen LogP contribution in [-0.4, -0.2) is 11.0 Å². The molecule has 5 nitrogen and oxygen atoms in total. The first-order valence-corrected chi connectivity index (χ1v) is 6.78. The van der Waals surface area contributed by atoms with Crippen LogP contribution in [0.1, 0.15) is 19.4 Å². The summed E-state index contributed by atoms with van der Waals surface area (Å²) >= 11 is 0. The highest BCUT2D eigenvalue weighted by Crippen LogP contribution is 2.17. The SMILES string of the molecule is CC(C)Oc1ccc(CNc2ccc([N+](=O)[O-])cc2)cc1. The highest BCUT2D eigenvalue weighted by molar-refractivity contribution is 5.48. The minimum atomic E-state index is -0.406. The number of non-ortho nitro benzene ring substituents is 1. The van der Waals surface area contributed by atoms with Gasteiger partial charge in [0.2, 0.25) is 0 Å². The van der Waals surface area contributed by atoms with Crippen molar-refractivity contribution >= 4 is 11.4 Å². The highest BCUT2D eigenvalue weighted by atomic mass is 16.6. The topological polar surface area (TPSA) is 64.4 Å². The van der Waals surface area contributed by atoms with Crippen molar-refractivity contribution in [1.29, 1.82) is 0 Å². The molecule has 0 aliphatic rings. The minimum absolute atomic E-state index is 0.0933. The van der Waals surface area contributed by atoms with Crippen molar-refractivity contribution in [3.8, 4) is 5.75 Å². The Balaban J connectivity index is 1.91. The Morgan fingerprint density at radius 2 is 1.71 bits per heavy atom. The lowest BCUT2D eigenvalue weighted by Gasteiger charge is -2.11. The van der Waals surface area contributed by atoms with Crippen LogP contribution in [0.5, 0.6) is 5.75 Å². The molecule has 2 rings (SSSR count). The van der Waals surface area contributed by atoms with Gasteiger partial charge >= 0.3 is 0 Å². The lowest BCUT2D eigenvalue weighted by atomic mass is 10.2. The molecule has 0 bridgehead atoms. The lowest BCUT2D eigenvalue weighted by Crippen LogP contribution is -2.05. The second kappa shape index (κ2) is 6.74. The molecule has 2 aromatic rings. The second-order valence-electron chi connectivity index (χ2n) is 4.97. The van der Waals surface area contributed by atoms with Crippen molar-refractivity contribution in [1.82, 2.24) is 0 Å².